The first kappa shape index (κ1) is 16.5. The Morgan fingerprint density at radius 1 is 1.19 bits per heavy atom. The van der Waals surface area contributed by atoms with E-state index in [9.17, 15) is 4.79 Å². The molecule has 0 aliphatic carbocycles. The third kappa shape index (κ3) is 3.25. The van der Waals surface area contributed by atoms with E-state index in [1.807, 2.05) is 47.6 Å². The average Bonchev–Trinajstić information content (AvgIpc) is 3.26. The summed E-state index contributed by atoms with van der Waals surface area (Å²) in [4.78, 5) is 22.7. The Kier molecular flexibility index (Phi) is 4.53. The van der Waals surface area contributed by atoms with Crippen LogP contribution in [0.1, 0.15) is 19.3 Å². The summed E-state index contributed by atoms with van der Waals surface area (Å²) in [5.41, 5.74) is 8.33. The van der Waals surface area contributed by atoms with E-state index < -0.39 is 0 Å². The minimum Gasteiger partial charge on any atom is -0.332 e. The molecule has 1 fully saturated rings. The third-order valence-electron chi connectivity index (χ3n) is 4.61. The second-order valence-electron chi connectivity index (χ2n) is 6.44. The zero-order chi connectivity index (χ0) is 17.9. The highest BCUT2D eigenvalue weighted by Gasteiger charge is 2.21. The van der Waals surface area contributed by atoms with Crippen molar-refractivity contribution in [1.29, 1.82) is 0 Å². The molecule has 3 heterocycles. The summed E-state index contributed by atoms with van der Waals surface area (Å²) >= 11 is 0. The number of fused-ring (bicyclic) bond motifs is 1. The number of rotatable bonds is 6. The number of nitrogens with one attached hydrogen (secondary N) is 1. The Morgan fingerprint density at radius 2 is 2.04 bits per heavy atom. The lowest BCUT2D eigenvalue weighted by Crippen LogP contribution is -2.23. The van der Waals surface area contributed by atoms with E-state index in [0.29, 0.717) is 18.9 Å². The Morgan fingerprint density at radius 3 is 2.77 bits per heavy atom. The van der Waals surface area contributed by atoms with Gasteiger partial charge in [0, 0.05) is 48.7 Å². The van der Waals surface area contributed by atoms with E-state index in [-0.39, 0.29) is 5.91 Å². The highest BCUT2D eigenvalue weighted by Crippen LogP contribution is 2.24. The summed E-state index contributed by atoms with van der Waals surface area (Å²) in [5.74, 6) is 0.743. The number of nitrogens with zero attached hydrogens (tertiary/aromatic N) is 4. The highest BCUT2D eigenvalue weighted by molar-refractivity contribution is 5.95. The molecule has 0 bridgehead atoms. The molecular formula is C19H22N6O. The molecule has 2 aromatic heterocycles. The van der Waals surface area contributed by atoms with Crippen LogP contribution in [0, 0.1) is 0 Å². The fraction of sp³-hybridized carbons (Fsp3) is 0.316. The average molecular weight is 350 g/mol. The Labute approximate surface area is 151 Å². The van der Waals surface area contributed by atoms with Crippen LogP contribution in [-0.4, -0.2) is 33.5 Å². The number of hydrogen-bond acceptors (Lipinski definition) is 5. The Balaban J connectivity index is 1.52. The molecule has 7 nitrogen and oxygen atoms in total. The summed E-state index contributed by atoms with van der Waals surface area (Å²) in [6.45, 7) is 2.29. The van der Waals surface area contributed by atoms with Gasteiger partial charge in [0.05, 0.1) is 0 Å². The lowest BCUT2D eigenvalue weighted by atomic mass is 10.2. The van der Waals surface area contributed by atoms with E-state index in [4.69, 9.17) is 5.73 Å². The SMILES string of the molecule is NCCCn1ccc2cnc(Nc3ccc(N4CCCC4=O)cc3)nc21. The summed E-state index contributed by atoms with van der Waals surface area (Å²) in [5, 5.41) is 4.24. The van der Waals surface area contributed by atoms with Gasteiger partial charge in [0.15, 0.2) is 0 Å². The molecule has 1 saturated heterocycles. The van der Waals surface area contributed by atoms with Crippen molar-refractivity contribution in [3.8, 4) is 0 Å². The lowest BCUT2D eigenvalue weighted by Gasteiger charge is -2.16. The van der Waals surface area contributed by atoms with E-state index in [2.05, 4.69) is 19.9 Å². The quantitative estimate of drug-likeness (QED) is 0.713. The topological polar surface area (TPSA) is 89.1 Å². The minimum atomic E-state index is 0.192. The van der Waals surface area contributed by atoms with Crippen molar-refractivity contribution in [2.24, 2.45) is 5.73 Å². The van der Waals surface area contributed by atoms with E-state index in [0.717, 1.165) is 48.3 Å². The molecule has 1 aliphatic heterocycles. The molecule has 3 aromatic rings. The van der Waals surface area contributed by atoms with Gasteiger partial charge in [0.2, 0.25) is 11.9 Å². The van der Waals surface area contributed by atoms with Gasteiger partial charge in [-0.1, -0.05) is 0 Å². The highest BCUT2D eigenvalue weighted by atomic mass is 16.2. The fourth-order valence-electron chi connectivity index (χ4n) is 3.25. The van der Waals surface area contributed by atoms with Crippen LogP contribution in [-0.2, 0) is 11.3 Å². The Bertz CT molecular complexity index is 917. The maximum Gasteiger partial charge on any atom is 0.229 e. The van der Waals surface area contributed by atoms with E-state index in [1.165, 1.54) is 0 Å². The zero-order valence-corrected chi connectivity index (χ0v) is 14.6. The molecule has 26 heavy (non-hydrogen) atoms. The smallest absolute Gasteiger partial charge is 0.229 e. The van der Waals surface area contributed by atoms with Gasteiger partial charge >= 0.3 is 0 Å². The largest absolute Gasteiger partial charge is 0.332 e. The summed E-state index contributed by atoms with van der Waals surface area (Å²) < 4.78 is 2.09. The van der Waals surface area contributed by atoms with Crippen LogP contribution in [0.5, 0.6) is 0 Å². The Hall–Kier alpha value is -2.93. The van der Waals surface area contributed by atoms with E-state index >= 15 is 0 Å². The summed E-state index contributed by atoms with van der Waals surface area (Å²) in [6.07, 6.45) is 6.31. The van der Waals surface area contributed by atoms with Crippen molar-refractivity contribution in [2.75, 3.05) is 23.3 Å². The van der Waals surface area contributed by atoms with Gasteiger partial charge in [-0.25, -0.2) is 4.98 Å². The van der Waals surface area contributed by atoms with Crippen molar-refractivity contribution in [2.45, 2.75) is 25.8 Å². The molecule has 134 valence electrons. The predicted molar refractivity (Wildman–Crippen MR) is 103 cm³/mol. The van der Waals surface area contributed by atoms with Crippen LogP contribution in [0.15, 0.2) is 42.7 Å². The zero-order valence-electron chi connectivity index (χ0n) is 14.6. The van der Waals surface area contributed by atoms with Gasteiger partial charge in [0.1, 0.15) is 5.65 Å². The number of benzene rings is 1. The van der Waals surface area contributed by atoms with Crippen LogP contribution < -0.4 is 16.0 Å². The van der Waals surface area contributed by atoms with Crippen molar-refractivity contribution in [3.63, 3.8) is 0 Å². The number of nitrogens with two attached hydrogens (primary N) is 1. The molecule has 1 aliphatic rings. The number of carbonyl (C=O) groups is 1. The molecule has 0 saturated carbocycles. The molecule has 0 atom stereocenters. The molecular weight excluding hydrogens is 328 g/mol. The number of amides is 1. The number of aryl methyl sites for hydroxylation is 1. The first-order valence-corrected chi connectivity index (χ1v) is 8.94. The van der Waals surface area contributed by atoms with Crippen LogP contribution in [0.25, 0.3) is 11.0 Å². The second-order valence-corrected chi connectivity index (χ2v) is 6.44. The summed E-state index contributed by atoms with van der Waals surface area (Å²) in [6, 6.07) is 9.81. The standard InChI is InChI=1S/C19H22N6O/c20-9-2-10-24-12-8-14-13-21-19(23-18(14)24)22-15-4-6-16(7-5-15)25-11-1-3-17(25)26/h4-8,12-13H,1-3,9-11,20H2,(H,21,22,23). The van der Waals surface area contributed by atoms with Crippen molar-refractivity contribution in [1.82, 2.24) is 14.5 Å². The molecule has 4 rings (SSSR count). The normalized spacial score (nSPS) is 14.3. The maximum absolute atomic E-state index is 11.8. The summed E-state index contributed by atoms with van der Waals surface area (Å²) in [7, 11) is 0. The van der Waals surface area contributed by atoms with Crippen LogP contribution in [0.4, 0.5) is 17.3 Å². The molecule has 1 amide bonds. The first-order chi connectivity index (χ1) is 12.7. The van der Waals surface area contributed by atoms with Gasteiger partial charge in [0.25, 0.3) is 0 Å². The lowest BCUT2D eigenvalue weighted by molar-refractivity contribution is -0.117. The van der Waals surface area contributed by atoms with Crippen molar-refractivity contribution in [3.05, 3.63) is 42.7 Å². The fourth-order valence-corrected chi connectivity index (χ4v) is 3.25. The van der Waals surface area contributed by atoms with Gasteiger partial charge in [-0.2, -0.15) is 4.98 Å². The van der Waals surface area contributed by atoms with Gasteiger partial charge in [-0.05, 0) is 49.7 Å². The van der Waals surface area contributed by atoms with E-state index in [1.54, 1.807) is 0 Å². The molecule has 0 spiro atoms. The van der Waals surface area contributed by atoms with Crippen LogP contribution >= 0.6 is 0 Å². The van der Waals surface area contributed by atoms with Crippen molar-refractivity contribution < 1.29 is 4.79 Å². The molecule has 1 aromatic carbocycles. The van der Waals surface area contributed by atoms with Crippen LogP contribution in [0.3, 0.4) is 0 Å². The molecule has 7 heteroatoms. The van der Waals surface area contributed by atoms with Gasteiger partial charge in [-0.15, -0.1) is 0 Å². The monoisotopic (exact) mass is 350 g/mol. The van der Waals surface area contributed by atoms with Gasteiger partial charge < -0.3 is 20.5 Å². The maximum atomic E-state index is 11.8. The molecule has 0 unspecified atom stereocenters. The minimum absolute atomic E-state index is 0.192. The first-order valence-electron chi connectivity index (χ1n) is 8.94. The predicted octanol–water partition coefficient (Wildman–Crippen LogP) is 2.65. The molecule has 0 radical (unpaired) electrons. The van der Waals surface area contributed by atoms with Crippen molar-refractivity contribution >= 4 is 34.3 Å². The van der Waals surface area contributed by atoms with Crippen LogP contribution in [0.2, 0.25) is 0 Å². The number of aromatic nitrogens is 3. The number of hydrogen-bond donors (Lipinski definition) is 2. The number of anilines is 3. The second kappa shape index (κ2) is 7.13. The molecule has 3 N–H and O–H groups in total. The number of carbonyl (C=O) groups excluding carboxylic acids is 1. The third-order valence-corrected chi connectivity index (χ3v) is 4.61. The van der Waals surface area contributed by atoms with Gasteiger partial charge in [-0.3, -0.25) is 4.79 Å².